The second-order valence-corrected chi connectivity index (χ2v) is 12.1. The number of alkyl carbamates (subject to hydrolysis) is 1. The van der Waals surface area contributed by atoms with Crippen LogP contribution in [0.4, 0.5) is 4.79 Å². The normalized spacial score (nSPS) is 11.4. The van der Waals surface area contributed by atoms with Gasteiger partial charge in [-0.15, -0.1) is 0 Å². The van der Waals surface area contributed by atoms with E-state index in [0.717, 1.165) is 12.5 Å². The van der Waals surface area contributed by atoms with Crippen LogP contribution < -0.4 is 5.32 Å². The molecule has 0 rings (SSSR count). The molecule has 21 heavy (non-hydrogen) atoms. The zero-order valence-corrected chi connectivity index (χ0v) is 15.9. The molecule has 0 aliphatic carbocycles. The van der Waals surface area contributed by atoms with Gasteiger partial charge in [-0.3, -0.25) is 0 Å². The van der Waals surface area contributed by atoms with Crippen molar-refractivity contribution in [2.45, 2.75) is 39.0 Å². The molecule has 1 amide bonds. The number of hydrogen-bond donors (Lipinski definition) is 1. The second-order valence-electron chi connectivity index (χ2n) is 5.65. The van der Waals surface area contributed by atoms with Gasteiger partial charge in [0.15, 0.2) is 8.32 Å². The van der Waals surface area contributed by atoms with Crippen LogP contribution in [-0.4, -0.2) is 49.9 Å². The predicted octanol–water partition coefficient (Wildman–Crippen LogP) is 1.58. The molecule has 0 aliphatic rings. The van der Waals surface area contributed by atoms with E-state index in [9.17, 15) is 9.59 Å². The quantitative estimate of drug-likeness (QED) is 0.284. The van der Waals surface area contributed by atoms with Gasteiger partial charge < -0.3 is 18.9 Å². The standard InChI is InChI=1S/C13H27NO5Si2/c1-11(2)12(15)17-8-9-18-13(16)14-7-6-10-20-19-21(3,4)5/h1,6-10,20H2,2-5H3,(H,14,16). The largest absolute Gasteiger partial charge is 0.461 e. The van der Waals surface area contributed by atoms with Gasteiger partial charge in [-0.1, -0.05) is 6.58 Å². The van der Waals surface area contributed by atoms with Crippen molar-refractivity contribution in [1.82, 2.24) is 5.32 Å². The number of ether oxygens (including phenoxy) is 2. The Kier molecular flexibility index (Phi) is 10.0. The molecule has 8 heteroatoms. The van der Waals surface area contributed by atoms with Crippen molar-refractivity contribution in [1.29, 1.82) is 0 Å². The minimum atomic E-state index is -1.38. The lowest BCUT2D eigenvalue weighted by Crippen LogP contribution is -2.29. The molecule has 0 heterocycles. The molecular weight excluding hydrogens is 306 g/mol. The molecule has 0 aromatic heterocycles. The molecule has 0 aliphatic heterocycles. The fraction of sp³-hybridized carbons (Fsp3) is 0.692. The van der Waals surface area contributed by atoms with Gasteiger partial charge in [-0.05, 0) is 39.0 Å². The highest BCUT2D eigenvalue weighted by atomic mass is 28.4. The zero-order chi connectivity index (χ0) is 16.3. The van der Waals surface area contributed by atoms with Crippen LogP contribution in [0, 0.1) is 0 Å². The minimum absolute atomic E-state index is 0.0378. The van der Waals surface area contributed by atoms with Crippen LogP contribution in [0.1, 0.15) is 13.3 Å². The third kappa shape index (κ3) is 13.6. The van der Waals surface area contributed by atoms with Gasteiger partial charge in [-0.25, -0.2) is 9.59 Å². The average molecular weight is 334 g/mol. The topological polar surface area (TPSA) is 73.9 Å². The lowest BCUT2D eigenvalue weighted by Gasteiger charge is -2.17. The van der Waals surface area contributed by atoms with Crippen molar-refractivity contribution in [3.05, 3.63) is 12.2 Å². The highest BCUT2D eigenvalue weighted by Crippen LogP contribution is 2.02. The van der Waals surface area contributed by atoms with E-state index in [1.165, 1.54) is 0 Å². The molecular formula is C13H27NO5Si2. The summed E-state index contributed by atoms with van der Waals surface area (Å²) in [6.07, 6.45) is 0.408. The summed E-state index contributed by atoms with van der Waals surface area (Å²) >= 11 is 0. The Morgan fingerprint density at radius 1 is 1.19 bits per heavy atom. The maximum Gasteiger partial charge on any atom is 0.407 e. The monoisotopic (exact) mass is 333 g/mol. The Morgan fingerprint density at radius 2 is 1.81 bits per heavy atom. The van der Waals surface area contributed by atoms with Crippen LogP contribution in [0.25, 0.3) is 0 Å². The molecule has 0 atom stereocenters. The number of nitrogens with one attached hydrogen (secondary N) is 1. The summed E-state index contributed by atoms with van der Waals surface area (Å²) in [4.78, 5) is 22.4. The van der Waals surface area contributed by atoms with E-state index in [2.05, 4.69) is 31.5 Å². The molecule has 0 unspecified atom stereocenters. The summed E-state index contributed by atoms with van der Waals surface area (Å²) in [6.45, 7) is 12.2. The fourth-order valence-corrected chi connectivity index (χ4v) is 4.72. The Balaban J connectivity index is 3.43. The summed E-state index contributed by atoms with van der Waals surface area (Å²) in [6, 6.07) is 1.04. The Morgan fingerprint density at radius 3 is 2.38 bits per heavy atom. The van der Waals surface area contributed by atoms with Crippen LogP contribution in [0.5, 0.6) is 0 Å². The molecule has 0 radical (unpaired) electrons. The Bertz CT molecular complexity index is 355. The van der Waals surface area contributed by atoms with Crippen LogP contribution in [-0.2, 0) is 18.4 Å². The van der Waals surface area contributed by atoms with Crippen molar-refractivity contribution in [2.75, 3.05) is 19.8 Å². The number of carbonyl (C=O) groups is 2. The first-order valence-corrected chi connectivity index (χ1v) is 12.1. The van der Waals surface area contributed by atoms with Crippen molar-refractivity contribution < 1.29 is 23.2 Å². The number of rotatable bonds is 10. The second kappa shape index (κ2) is 10.6. The fourth-order valence-electron chi connectivity index (χ4n) is 1.24. The summed E-state index contributed by atoms with van der Waals surface area (Å²) in [5, 5.41) is 2.65. The first-order valence-electron chi connectivity index (χ1n) is 7.09. The third-order valence-electron chi connectivity index (χ3n) is 2.27. The van der Waals surface area contributed by atoms with E-state index in [0.29, 0.717) is 12.1 Å². The van der Waals surface area contributed by atoms with E-state index < -0.39 is 30.1 Å². The van der Waals surface area contributed by atoms with Gasteiger partial charge in [0.25, 0.3) is 0 Å². The third-order valence-corrected chi connectivity index (χ3v) is 7.34. The van der Waals surface area contributed by atoms with Gasteiger partial charge in [0.2, 0.25) is 0 Å². The summed E-state index contributed by atoms with van der Waals surface area (Å²) < 4.78 is 15.5. The Hall–Kier alpha value is -1.13. The molecule has 0 saturated heterocycles. The maximum atomic E-state index is 11.3. The maximum absolute atomic E-state index is 11.3. The molecule has 122 valence electrons. The molecule has 1 N–H and O–H groups in total. The summed E-state index contributed by atoms with van der Waals surface area (Å²) in [7, 11) is -1.85. The van der Waals surface area contributed by atoms with Crippen LogP contribution in [0.2, 0.25) is 25.7 Å². The van der Waals surface area contributed by atoms with Gasteiger partial charge in [0.05, 0.1) is 0 Å². The highest BCUT2D eigenvalue weighted by molar-refractivity contribution is 6.73. The lowest BCUT2D eigenvalue weighted by atomic mass is 10.4. The van der Waals surface area contributed by atoms with Crippen molar-refractivity contribution in [3.63, 3.8) is 0 Å². The lowest BCUT2D eigenvalue weighted by molar-refractivity contribution is -0.139. The van der Waals surface area contributed by atoms with Gasteiger partial charge >= 0.3 is 12.1 Å². The van der Waals surface area contributed by atoms with Gasteiger partial charge in [-0.2, -0.15) is 0 Å². The van der Waals surface area contributed by atoms with E-state index in [1.807, 2.05) is 0 Å². The van der Waals surface area contributed by atoms with Gasteiger partial charge in [0, 0.05) is 12.1 Å². The molecule has 0 aromatic rings. The molecule has 0 aromatic carbocycles. The first-order chi connectivity index (χ1) is 9.72. The van der Waals surface area contributed by atoms with E-state index in [-0.39, 0.29) is 13.2 Å². The Labute approximate surface area is 130 Å². The first kappa shape index (κ1) is 19.9. The summed E-state index contributed by atoms with van der Waals surface area (Å²) in [5.74, 6) is -0.480. The predicted molar refractivity (Wildman–Crippen MR) is 87.5 cm³/mol. The summed E-state index contributed by atoms with van der Waals surface area (Å²) in [5.41, 5.74) is 0.323. The van der Waals surface area contributed by atoms with Crippen LogP contribution in [0.3, 0.4) is 0 Å². The molecule has 0 fully saturated rings. The molecule has 0 spiro atoms. The number of amides is 1. The van der Waals surface area contributed by atoms with E-state index in [1.54, 1.807) is 6.92 Å². The van der Waals surface area contributed by atoms with Crippen LogP contribution in [0.15, 0.2) is 12.2 Å². The SMILES string of the molecule is C=C(C)C(=O)OCCOC(=O)NCCC[SiH2]O[Si](C)(C)C. The number of carbonyl (C=O) groups excluding carboxylic acids is 2. The van der Waals surface area contributed by atoms with Gasteiger partial charge in [0.1, 0.15) is 23.0 Å². The van der Waals surface area contributed by atoms with E-state index in [4.69, 9.17) is 13.6 Å². The van der Waals surface area contributed by atoms with Crippen molar-refractivity contribution in [2.24, 2.45) is 0 Å². The molecule has 0 saturated carbocycles. The van der Waals surface area contributed by atoms with Crippen LogP contribution >= 0.6 is 0 Å². The minimum Gasteiger partial charge on any atom is -0.461 e. The molecule has 6 nitrogen and oxygen atoms in total. The highest BCUT2D eigenvalue weighted by Gasteiger charge is 2.12. The van der Waals surface area contributed by atoms with Crippen molar-refractivity contribution >= 4 is 30.1 Å². The average Bonchev–Trinajstić information content (AvgIpc) is 2.37. The smallest absolute Gasteiger partial charge is 0.407 e. The van der Waals surface area contributed by atoms with Crippen molar-refractivity contribution in [3.8, 4) is 0 Å². The molecule has 0 bridgehead atoms. The van der Waals surface area contributed by atoms with E-state index >= 15 is 0 Å². The number of hydrogen-bond acceptors (Lipinski definition) is 5. The number of esters is 1. The zero-order valence-electron chi connectivity index (χ0n) is 13.5.